The molecule has 0 unspecified atom stereocenters. The predicted octanol–water partition coefficient (Wildman–Crippen LogP) is 5.25. The molecule has 4 heteroatoms. The molecular formula is C23H17NO3. The second-order valence-electron chi connectivity index (χ2n) is 6.39. The van der Waals surface area contributed by atoms with Crippen LogP contribution in [0.25, 0.3) is 11.3 Å². The standard InChI is InChI=1S/C23H17NO3/c1-3-7-16(8-4-1)22(17-9-5-2-6-10-17)23-24-14-21(27-23)18-11-12-19-20(13-18)26-15-25-19/h1-14,22H,15H2. The molecule has 1 aliphatic rings. The second kappa shape index (κ2) is 6.65. The predicted molar refractivity (Wildman–Crippen MR) is 102 cm³/mol. The number of hydrogen-bond acceptors (Lipinski definition) is 4. The minimum Gasteiger partial charge on any atom is -0.454 e. The summed E-state index contributed by atoms with van der Waals surface area (Å²) in [6, 6.07) is 26.3. The molecule has 0 saturated heterocycles. The van der Waals surface area contributed by atoms with Crippen molar-refractivity contribution in [3.05, 3.63) is 102 Å². The third kappa shape index (κ3) is 2.95. The van der Waals surface area contributed by atoms with Gasteiger partial charge in [-0.15, -0.1) is 0 Å². The van der Waals surface area contributed by atoms with Crippen molar-refractivity contribution < 1.29 is 13.9 Å². The van der Waals surface area contributed by atoms with Gasteiger partial charge in [-0.1, -0.05) is 60.7 Å². The van der Waals surface area contributed by atoms with Crippen LogP contribution in [0.1, 0.15) is 22.9 Å². The van der Waals surface area contributed by atoms with E-state index in [-0.39, 0.29) is 12.7 Å². The molecule has 0 spiro atoms. The van der Waals surface area contributed by atoms with E-state index in [0.29, 0.717) is 11.7 Å². The average Bonchev–Trinajstić information content (AvgIpc) is 3.39. The molecule has 3 aromatic carbocycles. The maximum atomic E-state index is 6.19. The molecule has 132 valence electrons. The maximum absolute atomic E-state index is 6.19. The van der Waals surface area contributed by atoms with Gasteiger partial charge in [0, 0.05) is 5.56 Å². The monoisotopic (exact) mass is 355 g/mol. The van der Waals surface area contributed by atoms with E-state index < -0.39 is 0 Å². The number of hydrogen-bond donors (Lipinski definition) is 0. The van der Waals surface area contributed by atoms with Gasteiger partial charge < -0.3 is 13.9 Å². The van der Waals surface area contributed by atoms with E-state index in [1.807, 2.05) is 54.6 Å². The highest BCUT2D eigenvalue weighted by molar-refractivity contribution is 5.62. The van der Waals surface area contributed by atoms with Crippen LogP contribution in [0, 0.1) is 0 Å². The first-order valence-corrected chi connectivity index (χ1v) is 8.84. The maximum Gasteiger partial charge on any atom is 0.231 e. The average molecular weight is 355 g/mol. The van der Waals surface area contributed by atoms with Crippen molar-refractivity contribution in [2.75, 3.05) is 6.79 Å². The van der Waals surface area contributed by atoms with Crippen LogP contribution in [0.2, 0.25) is 0 Å². The van der Waals surface area contributed by atoms with Crippen LogP contribution >= 0.6 is 0 Å². The fourth-order valence-electron chi connectivity index (χ4n) is 3.37. The Kier molecular flexibility index (Phi) is 3.87. The van der Waals surface area contributed by atoms with Gasteiger partial charge in [0.05, 0.1) is 12.1 Å². The van der Waals surface area contributed by atoms with E-state index in [1.54, 1.807) is 6.20 Å². The van der Waals surface area contributed by atoms with Crippen LogP contribution in [0.3, 0.4) is 0 Å². The molecule has 0 aliphatic carbocycles. The number of nitrogens with zero attached hydrogens (tertiary/aromatic N) is 1. The lowest BCUT2D eigenvalue weighted by molar-refractivity contribution is 0.174. The lowest BCUT2D eigenvalue weighted by Gasteiger charge is -2.14. The second-order valence-corrected chi connectivity index (χ2v) is 6.39. The Bertz CT molecular complexity index is 1020. The fourth-order valence-corrected chi connectivity index (χ4v) is 3.37. The fraction of sp³-hybridized carbons (Fsp3) is 0.0870. The summed E-state index contributed by atoms with van der Waals surface area (Å²) in [5.74, 6) is 2.80. The van der Waals surface area contributed by atoms with Crippen molar-refractivity contribution in [3.8, 4) is 22.8 Å². The molecule has 0 saturated carbocycles. The van der Waals surface area contributed by atoms with Crippen LogP contribution in [-0.4, -0.2) is 11.8 Å². The van der Waals surface area contributed by atoms with Gasteiger partial charge in [-0.05, 0) is 29.3 Å². The first kappa shape index (κ1) is 15.7. The van der Waals surface area contributed by atoms with Crippen LogP contribution in [0.4, 0.5) is 0 Å². The van der Waals surface area contributed by atoms with Gasteiger partial charge in [0.1, 0.15) is 0 Å². The first-order chi connectivity index (χ1) is 13.4. The Labute approximate surface area is 157 Å². The number of fused-ring (bicyclic) bond motifs is 1. The van der Waals surface area contributed by atoms with Crippen molar-refractivity contribution in [3.63, 3.8) is 0 Å². The molecule has 1 aromatic heterocycles. The van der Waals surface area contributed by atoms with E-state index in [2.05, 4.69) is 29.2 Å². The van der Waals surface area contributed by atoms with Gasteiger partial charge in [0.15, 0.2) is 17.3 Å². The minimum absolute atomic E-state index is 0.0600. The van der Waals surface area contributed by atoms with Gasteiger partial charge in [-0.3, -0.25) is 0 Å². The topological polar surface area (TPSA) is 44.5 Å². The number of rotatable bonds is 4. The highest BCUT2D eigenvalue weighted by Crippen LogP contribution is 2.38. The van der Waals surface area contributed by atoms with Gasteiger partial charge in [0.25, 0.3) is 0 Å². The Morgan fingerprint density at radius 1 is 0.741 bits per heavy atom. The molecule has 0 N–H and O–H groups in total. The van der Waals surface area contributed by atoms with E-state index in [9.17, 15) is 0 Å². The summed E-state index contributed by atoms with van der Waals surface area (Å²) < 4.78 is 17.0. The molecule has 0 amide bonds. The molecule has 4 aromatic rings. The molecule has 1 aliphatic heterocycles. The third-order valence-corrected chi connectivity index (χ3v) is 4.69. The van der Waals surface area contributed by atoms with Crippen molar-refractivity contribution in [1.29, 1.82) is 0 Å². The molecule has 0 radical (unpaired) electrons. The smallest absolute Gasteiger partial charge is 0.231 e. The largest absolute Gasteiger partial charge is 0.454 e. The molecule has 0 bridgehead atoms. The first-order valence-electron chi connectivity index (χ1n) is 8.84. The number of aromatic nitrogens is 1. The Balaban J connectivity index is 1.56. The zero-order valence-corrected chi connectivity index (χ0v) is 14.5. The third-order valence-electron chi connectivity index (χ3n) is 4.69. The summed E-state index contributed by atoms with van der Waals surface area (Å²) in [5, 5.41) is 0. The highest BCUT2D eigenvalue weighted by Gasteiger charge is 2.23. The zero-order valence-electron chi connectivity index (χ0n) is 14.5. The zero-order chi connectivity index (χ0) is 18.1. The van der Waals surface area contributed by atoms with Crippen molar-refractivity contribution in [2.45, 2.75) is 5.92 Å². The lowest BCUT2D eigenvalue weighted by Crippen LogP contribution is -2.03. The van der Waals surface area contributed by atoms with E-state index >= 15 is 0 Å². The summed E-state index contributed by atoms with van der Waals surface area (Å²) in [5.41, 5.74) is 3.20. The number of ether oxygens (including phenoxy) is 2. The van der Waals surface area contributed by atoms with Gasteiger partial charge >= 0.3 is 0 Å². The van der Waals surface area contributed by atoms with Crippen LogP contribution in [0.15, 0.2) is 89.5 Å². The quantitative estimate of drug-likeness (QED) is 0.501. The van der Waals surface area contributed by atoms with Crippen molar-refractivity contribution in [2.24, 2.45) is 0 Å². The summed E-state index contributed by atoms with van der Waals surface area (Å²) in [4.78, 5) is 4.60. The van der Waals surface area contributed by atoms with Crippen molar-refractivity contribution >= 4 is 0 Å². The summed E-state index contributed by atoms with van der Waals surface area (Å²) >= 11 is 0. The molecular weight excluding hydrogens is 338 g/mol. The Morgan fingerprint density at radius 2 is 1.41 bits per heavy atom. The Hall–Kier alpha value is -3.53. The van der Waals surface area contributed by atoms with E-state index in [4.69, 9.17) is 13.9 Å². The molecule has 5 rings (SSSR count). The minimum atomic E-state index is -0.0600. The van der Waals surface area contributed by atoms with E-state index in [1.165, 1.54) is 0 Å². The van der Waals surface area contributed by atoms with Gasteiger partial charge in [0.2, 0.25) is 12.7 Å². The van der Waals surface area contributed by atoms with Crippen LogP contribution in [-0.2, 0) is 0 Å². The summed E-state index contributed by atoms with van der Waals surface area (Å²) in [6.45, 7) is 0.254. The van der Waals surface area contributed by atoms with Crippen molar-refractivity contribution in [1.82, 2.24) is 4.98 Å². The summed E-state index contributed by atoms with van der Waals surface area (Å²) in [7, 11) is 0. The Morgan fingerprint density at radius 3 is 2.11 bits per heavy atom. The lowest BCUT2D eigenvalue weighted by atomic mass is 9.91. The summed E-state index contributed by atoms with van der Waals surface area (Å²) in [6.07, 6.45) is 1.77. The van der Waals surface area contributed by atoms with Gasteiger partial charge in [-0.2, -0.15) is 0 Å². The van der Waals surface area contributed by atoms with E-state index in [0.717, 1.165) is 28.2 Å². The molecule has 27 heavy (non-hydrogen) atoms. The van der Waals surface area contributed by atoms with Crippen LogP contribution < -0.4 is 9.47 Å². The highest BCUT2D eigenvalue weighted by atomic mass is 16.7. The number of oxazole rings is 1. The molecule has 4 nitrogen and oxygen atoms in total. The molecule has 2 heterocycles. The van der Waals surface area contributed by atoms with Crippen LogP contribution in [0.5, 0.6) is 11.5 Å². The SMILES string of the molecule is c1ccc(C(c2ccccc2)c2ncc(-c3ccc4c(c3)OCO4)o2)cc1. The van der Waals surface area contributed by atoms with Gasteiger partial charge in [-0.25, -0.2) is 4.98 Å². The normalized spacial score (nSPS) is 12.5. The molecule has 0 fully saturated rings. The molecule has 0 atom stereocenters. The number of benzene rings is 3.